The number of aliphatic hydroxyl groups excluding tert-OH is 1. The lowest BCUT2D eigenvalue weighted by Gasteiger charge is -2.14. The summed E-state index contributed by atoms with van der Waals surface area (Å²) < 4.78 is 1.64. The third-order valence-corrected chi connectivity index (χ3v) is 3.57. The van der Waals surface area contributed by atoms with Gasteiger partial charge in [-0.05, 0) is 18.9 Å². The predicted molar refractivity (Wildman–Crippen MR) is 84.8 cm³/mol. The number of hydrogen-bond acceptors (Lipinski definition) is 5. The second-order valence-corrected chi connectivity index (χ2v) is 5.27. The Morgan fingerprint density at radius 2 is 2.18 bits per heavy atom. The highest BCUT2D eigenvalue weighted by Crippen LogP contribution is 2.17. The van der Waals surface area contributed by atoms with Gasteiger partial charge in [-0.2, -0.15) is 14.6 Å². The first-order chi connectivity index (χ1) is 10.7. The highest BCUT2D eigenvalue weighted by Gasteiger charge is 2.10. The normalized spacial score (nSPS) is 12.5. The summed E-state index contributed by atoms with van der Waals surface area (Å²) in [5.74, 6) is 1.35. The van der Waals surface area contributed by atoms with Crippen molar-refractivity contribution in [3.8, 4) is 0 Å². The minimum atomic E-state index is -0.586. The second kappa shape index (κ2) is 6.11. The van der Waals surface area contributed by atoms with E-state index in [1.807, 2.05) is 44.2 Å². The molecule has 0 aliphatic rings. The average Bonchev–Trinajstić information content (AvgIpc) is 3.00. The van der Waals surface area contributed by atoms with E-state index in [0.29, 0.717) is 12.3 Å². The topological polar surface area (TPSA) is 75.3 Å². The summed E-state index contributed by atoms with van der Waals surface area (Å²) in [7, 11) is 0. The van der Waals surface area contributed by atoms with E-state index >= 15 is 0 Å². The molecule has 2 N–H and O–H groups in total. The minimum absolute atomic E-state index is 0.394. The van der Waals surface area contributed by atoms with E-state index in [4.69, 9.17) is 0 Å². The SMILES string of the molecule is CCc1cc(NCC(O)c2cccc(C)c2)n2ncnc2n1. The smallest absolute Gasteiger partial charge is 0.254 e. The minimum Gasteiger partial charge on any atom is -0.387 e. The summed E-state index contributed by atoms with van der Waals surface area (Å²) in [5, 5.41) is 17.7. The van der Waals surface area contributed by atoms with Gasteiger partial charge in [0.15, 0.2) is 0 Å². The van der Waals surface area contributed by atoms with Crippen LogP contribution in [-0.2, 0) is 6.42 Å². The maximum absolute atomic E-state index is 10.3. The van der Waals surface area contributed by atoms with Crippen molar-refractivity contribution in [2.24, 2.45) is 0 Å². The summed E-state index contributed by atoms with van der Waals surface area (Å²) in [5.41, 5.74) is 2.97. The molecule has 6 nitrogen and oxygen atoms in total. The van der Waals surface area contributed by atoms with Gasteiger partial charge in [0, 0.05) is 18.3 Å². The number of aliphatic hydroxyl groups is 1. The van der Waals surface area contributed by atoms with Gasteiger partial charge in [0.25, 0.3) is 5.78 Å². The molecular weight excluding hydrogens is 278 g/mol. The monoisotopic (exact) mass is 297 g/mol. The summed E-state index contributed by atoms with van der Waals surface area (Å²) in [6.07, 6.45) is 1.71. The molecule has 0 spiro atoms. The van der Waals surface area contributed by atoms with Crippen molar-refractivity contribution in [1.82, 2.24) is 19.6 Å². The van der Waals surface area contributed by atoms with E-state index in [1.54, 1.807) is 4.52 Å². The van der Waals surface area contributed by atoms with Crippen LogP contribution < -0.4 is 5.32 Å². The molecule has 0 aliphatic heterocycles. The summed E-state index contributed by atoms with van der Waals surface area (Å²) >= 11 is 0. The van der Waals surface area contributed by atoms with Crippen LogP contribution in [0.4, 0.5) is 5.82 Å². The highest BCUT2D eigenvalue weighted by atomic mass is 16.3. The molecule has 1 aromatic carbocycles. The molecule has 0 bridgehead atoms. The molecule has 0 radical (unpaired) electrons. The van der Waals surface area contributed by atoms with Crippen LogP contribution in [0, 0.1) is 6.92 Å². The quantitative estimate of drug-likeness (QED) is 0.754. The van der Waals surface area contributed by atoms with Gasteiger partial charge in [-0.1, -0.05) is 36.8 Å². The highest BCUT2D eigenvalue weighted by molar-refractivity contribution is 5.45. The first-order valence-corrected chi connectivity index (χ1v) is 7.35. The third-order valence-electron chi connectivity index (χ3n) is 3.57. The molecule has 114 valence electrons. The summed E-state index contributed by atoms with van der Waals surface area (Å²) in [6.45, 7) is 4.45. The van der Waals surface area contributed by atoms with Crippen molar-refractivity contribution < 1.29 is 5.11 Å². The second-order valence-electron chi connectivity index (χ2n) is 5.27. The number of aryl methyl sites for hydroxylation is 2. The number of benzene rings is 1. The van der Waals surface area contributed by atoms with Gasteiger partial charge in [0.2, 0.25) is 0 Å². The lowest BCUT2D eigenvalue weighted by Crippen LogP contribution is -2.15. The zero-order chi connectivity index (χ0) is 15.5. The first kappa shape index (κ1) is 14.5. The fourth-order valence-corrected chi connectivity index (χ4v) is 2.36. The molecule has 0 aliphatic carbocycles. The number of rotatable bonds is 5. The van der Waals surface area contributed by atoms with Gasteiger partial charge in [0.05, 0.1) is 6.10 Å². The van der Waals surface area contributed by atoms with Crippen molar-refractivity contribution in [1.29, 1.82) is 0 Å². The van der Waals surface area contributed by atoms with Crippen LogP contribution in [0.25, 0.3) is 5.78 Å². The fourth-order valence-electron chi connectivity index (χ4n) is 2.36. The number of nitrogens with one attached hydrogen (secondary N) is 1. The third kappa shape index (κ3) is 2.92. The number of hydrogen-bond donors (Lipinski definition) is 2. The molecule has 22 heavy (non-hydrogen) atoms. The van der Waals surface area contributed by atoms with E-state index < -0.39 is 6.10 Å². The molecule has 6 heteroatoms. The molecule has 1 unspecified atom stereocenters. The predicted octanol–water partition coefficient (Wildman–Crippen LogP) is 2.14. The average molecular weight is 297 g/mol. The Bertz CT molecular complexity index is 783. The Hall–Kier alpha value is -2.47. The van der Waals surface area contributed by atoms with Crippen LogP contribution in [0.5, 0.6) is 0 Å². The zero-order valence-corrected chi connectivity index (χ0v) is 12.7. The van der Waals surface area contributed by atoms with Crippen LogP contribution in [-0.4, -0.2) is 31.2 Å². The van der Waals surface area contributed by atoms with Crippen molar-refractivity contribution in [2.45, 2.75) is 26.4 Å². The van der Waals surface area contributed by atoms with Crippen LogP contribution in [0.15, 0.2) is 36.7 Å². The van der Waals surface area contributed by atoms with Crippen LogP contribution in [0.2, 0.25) is 0 Å². The molecule has 0 saturated heterocycles. The maximum atomic E-state index is 10.3. The first-order valence-electron chi connectivity index (χ1n) is 7.35. The van der Waals surface area contributed by atoms with Gasteiger partial charge in [-0.3, -0.25) is 0 Å². The standard InChI is InChI=1S/C16H19N5O/c1-3-13-8-15(21-16(20-13)18-10-19-21)17-9-14(22)12-6-4-5-11(2)7-12/h4-8,10,14,17,22H,3,9H2,1-2H3. The lowest BCUT2D eigenvalue weighted by atomic mass is 10.1. The van der Waals surface area contributed by atoms with Crippen molar-refractivity contribution in [3.05, 3.63) is 53.5 Å². The zero-order valence-electron chi connectivity index (χ0n) is 12.7. The number of fused-ring (bicyclic) bond motifs is 1. The number of anilines is 1. The van der Waals surface area contributed by atoms with Gasteiger partial charge >= 0.3 is 0 Å². The Morgan fingerprint density at radius 3 is 2.95 bits per heavy atom. The summed E-state index contributed by atoms with van der Waals surface area (Å²) in [6, 6.07) is 9.81. The molecule has 2 aromatic heterocycles. The van der Waals surface area contributed by atoms with Crippen LogP contribution >= 0.6 is 0 Å². The van der Waals surface area contributed by atoms with E-state index in [9.17, 15) is 5.11 Å². The van der Waals surface area contributed by atoms with Crippen molar-refractivity contribution in [3.63, 3.8) is 0 Å². The Labute approximate surface area is 128 Å². The Balaban J connectivity index is 1.80. The number of aromatic nitrogens is 4. The largest absolute Gasteiger partial charge is 0.387 e. The van der Waals surface area contributed by atoms with Gasteiger partial charge in [0.1, 0.15) is 12.1 Å². The van der Waals surface area contributed by atoms with E-state index in [0.717, 1.165) is 29.1 Å². The molecule has 0 fully saturated rings. The van der Waals surface area contributed by atoms with Gasteiger partial charge in [-0.15, -0.1) is 0 Å². The molecule has 3 aromatic rings. The summed E-state index contributed by atoms with van der Waals surface area (Å²) in [4.78, 5) is 8.52. The van der Waals surface area contributed by atoms with Gasteiger partial charge < -0.3 is 10.4 Å². The molecule has 1 atom stereocenters. The van der Waals surface area contributed by atoms with Crippen molar-refractivity contribution in [2.75, 3.05) is 11.9 Å². The van der Waals surface area contributed by atoms with Crippen LogP contribution in [0.1, 0.15) is 29.8 Å². The Morgan fingerprint density at radius 1 is 1.32 bits per heavy atom. The molecule has 3 rings (SSSR count). The van der Waals surface area contributed by atoms with E-state index in [1.165, 1.54) is 6.33 Å². The molecule has 0 saturated carbocycles. The van der Waals surface area contributed by atoms with E-state index in [2.05, 4.69) is 20.4 Å². The lowest BCUT2D eigenvalue weighted by molar-refractivity contribution is 0.191. The van der Waals surface area contributed by atoms with E-state index in [-0.39, 0.29) is 0 Å². The van der Waals surface area contributed by atoms with Gasteiger partial charge in [-0.25, -0.2) is 4.98 Å². The van der Waals surface area contributed by atoms with Crippen LogP contribution in [0.3, 0.4) is 0 Å². The molecule has 2 heterocycles. The number of nitrogens with zero attached hydrogens (tertiary/aromatic N) is 4. The maximum Gasteiger partial charge on any atom is 0.254 e. The fraction of sp³-hybridized carbons (Fsp3) is 0.312. The molecular formula is C16H19N5O. The Kier molecular flexibility index (Phi) is 4.02. The molecule has 0 amide bonds. The van der Waals surface area contributed by atoms with Crippen molar-refractivity contribution >= 4 is 11.6 Å².